The van der Waals surface area contributed by atoms with Gasteiger partial charge in [-0.3, -0.25) is 19.8 Å². The molecule has 0 fully saturated rings. The van der Waals surface area contributed by atoms with Crippen molar-refractivity contribution in [2.24, 2.45) is 0 Å². The van der Waals surface area contributed by atoms with Gasteiger partial charge in [0.15, 0.2) is 4.90 Å². The predicted molar refractivity (Wildman–Crippen MR) is 77.7 cm³/mol. The molecule has 1 aromatic heterocycles. The highest BCUT2D eigenvalue weighted by atomic mass is 32.2. The van der Waals surface area contributed by atoms with Crippen LogP contribution in [0.5, 0.6) is 0 Å². The van der Waals surface area contributed by atoms with Crippen LogP contribution in [0.3, 0.4) is 0 Å². The summed E-state index contributed by atoms with van der Waals surface area (Å²) >= 11 is 0. The van der Waals surface area contributed by atoms with Crippen LogP contribution in [-0.4, -0.2) is 25.4 Å². The lowest BCUT2D eigenvalue weighted by Crippen LogP contribution is -2.15. The SMILES string of the molecule is CNc1ccc([N+](=O)[O-])c(S(=O)(=O)Nc2ccncc2)c1. The normalized spacial score (nSPS) is 10.9. The molecule has 0 unspecified atom stereocenters. The van der Waals surface area contributed by atoms with Crippen molar-refractivity contribution < 1.29 is 13.3 Å². The van der Waals surface area contributed by atoms with E-state index in [4.69, 9.17) is 0 Å². The Balaban J connectivity index is 2.50. The van der Waals surface area contributed by atoms with E-state index in [2.05, 4.69) is 15.0 Å². The van der Waals surface area contributed by atoms with Crippen molar-refractivity contribution in [2.75, 3.05) is 17.1 Å². The summed E-state index contributed by atoms with van der Waals surface area (Å²) in [7, 11) is -2.49. The van der Waals surface area contributed by atoms with Crippen LogP contribution >= 0.6 is 0 Å². The first-order valence-corrected chi connectivity index (χ1v) is 7.31. The van der Waals surface area contributed by atoms with Gasteiger partial charge in [0.1, 0.15) is 0 Å². The Morgan fingerprint density at radius 2 is 1.81 bits per heavy atom. The van der Waals surface area contributed by atoms with Gasteiger partial charge < -0.3 is 5.32 Å². The van der Waals surface area contributed by atoms with E-state index in [1.54, 1.807) is 7.05 Å². The van der Waals surface area contributed by atoms with Crippen LogP contribution in [0.1, 0.15) is 0 Å². The third-order valence-electron chi connectivity index (χ3n) is 2.67. The second-order valence-corrected chi connectivity index (χ2v) is 5.68. The van der Waals surface area contributed by atoms with Gasteiger partial charge in [0.25, 0.3) is 15.7 Å². The number of rotatable bonds is 5. The molecular weight excluding hydrogens is 296 g/mol. The first-order valence-electron chi connectivity index (χ1n) is 5.83. The molecular formula is C12H12N4O4S. The topological polar surface area (TPSA) is 114 Å². The Morgan fingerprint density at radius 3 is 2.38 bits per heavy atom. The summed E-state index contributed by atoms with van der Waals surface area (Å²) in [4.78, 5) is 13.6. The molecule has 0 aliphatic rings. The van der Waals surface area contributed by atoms with Gasteiger partial charge >= 0.3 is 0 Å². The monoisotopic (exact) mass is 308 g/mol. The van der Waals surface area contributed by atoms with Gasteiger partial charge in [-0.25, -0.2) is 8.42 Å². The number of pyridine rings is 1. The fraction of sp³-hybridized carbons (Fsp3) is 0.0833. The van der Waals surface area contributed by atoms with Crippen LogP contribution in [-0.2, 0) is 10.0 Å². The van der Waals surface area contributed by atoms with Gasteiger partial charge in [0, 0.05) is 31.2 Å². The highest BCUT2D eigenvalue weighted by Crippen LogP contribution is 2.28. The minimum Gasteiger partial charge on any atom is -0.388 e. The van der Waals surface area contributed by atoms with Crippen molar-refractivity contribution in [1.29, 1.82) is 0 Å². The number of anilines is 2. The van der Waals surface area contributed by atoms with Gasteiger partial charge in [0.05, 0.1) is 10.6 Å². The van der Waals surface area contributed by atoms with E-state index in [-0.39, 0.29) is 5.69 Å². The summed E-state index contributed by atoms with van der Waals surface area (Å²) in [5.41, 5.74) is 0.236. The molecule has 0 radical (unpaired) electrons. The third kappa shape index (κ3) is 3.26. The summed E-state index contributed by atoms with van der Waals surface area (Å²) in [6.07, 6.45) is 2.83. The lowest BCUT2D eigenvalue weighted by Gasteiger charge is -2.09. The minimum absolute atomic E-state index is 0.272. The van der Waals surface area contributed by atoms with E-state index in [1.807, 2.05) is 0 Å². The van der Waals surface area contributed by atoms with E-state index < -0.39 is 25.5 Å². The van der Waals surface area contributed by atoms with E-state index in [0.717, 1.165) is 6.07 Å². The number of nitrogens with one attached hydrogen (secondary N) is 2. The average Bonchev–Trinajstić information content (AvgIpc) is 2.47. The fourth-order valence-corrected chi connectivity index (χ4v) is 2.92. The molecule has 2 aromatic rings. The maximum absolute atomic E-state index is 12.3. The molecule has 0 amide bonds. The van der Waals surface area contributed by atoms with E-state index >= 15 is 0 Å². The molecule has 0 aliphatic heterocycles. The van der Waals surface area contributed by atoms with Gasteiger partial charge in [0.2, 0.25) is 0 Å². The lowest BCUT2D eigenvalue weighted by atomic mass is 10.3. The van der Waals surface area contributed by atoms with Crippen LogP contribution in [0.4, 0.5) is 17.1 Å². The Kier molecular flexibility index (Phi) is 4.03. The van der Waals surface area contributed by atoms with Crippen LogP contribution in [0.25, 0.3) is 0 Å². The number of benzene rings is 1. The maximum Gasteiger partial charge on any atom is 0.290 e. The molecule has 0 bridgehead atoms. The highest BCUT2D eigenvalue weighted by Gasteiger charge is 2.26. The molecule has 0 saturated carbocycles. The second-order valence-electron chi connectivity index (χ2n) is 4.03. The van der Waals surface area contributed by atoms with E-state index in [1.165, 1.54) is 36.7 Å². The van der Waals surface area contributed by atoms with Crippen molar-refractivity contribution in [1.82, 2.24) is 4.98 Å². The summed E-state index contributed by atoms with van der Waals surface area (Å²) < 4.78 is 26.9. The number of hydrogen-bond donors (Lipinski definition) is 2. The van der Waals surface area contributed by atoms with Crippen molar-refractivity contribution in [3.63, 3.8) is 0 Å². The molecule has 8 nitrogen and oxygen atoms in total. The molecule has 2 rings (SSSR count). The number of sulfonamides is 1. The molecule has 21 heavy (non-hydrogen) atoms. The second kappa shape index (κ2) is 5.75. The van der Waals surface area contributed by atoms with Gasteiger partial charge in [-0.05, 0) is 24.3 Å². The predicted octanol–water partition coefficient (Wildman–Crippen LogP) is 1.83. The fourth-order valence-electron chi connectivity index (χ4n) is 1.67. The molecule has 0 aliphatic carbocycles. The van der Waals surface area contributed by atoms with Crippen molar-refractivity contribution in [2.45, 2.75) is 4.90 Å². The van der Waals surface area contributed by atoms with Crippen LogP contribution in [0.2, 0.25) is 0 Å². The zero-order valence-electron chi connectivity index (χ0n) is 11.0. The Morgan fingerprint density at radius 1 is 1.14 bits per heavy atom. The van der Waals surface area contributed by atoms with Crippen molar-refractivity contribution >= 4 is 27.1 Å². The molecule has 9 heteroatoms. The van der Waals surface area contributed by atoms with E-state index in [9.17, 15) is 18.5 Å². The third-order valence-corrected chi connectivity index (χ3v) is 4.08. The van der Waals surface area contributed by atoms with Crippen LogP contribution in [0, 0.1) is 10.1 Å². The van der Waals surface area contributed by atoms with Crippen LogP contribution in [0.15, 0.2) is 47.6 Å². The number of nitro groups is 1. The van der Waals surface area contributed by atoms with Crippen LogP contribution < -0.4 is 10.0 Å². The van der Waals surface area contributed by atoms with Gasteiger partial charge in [-0.1, -0.05) is 0 Å². The number of nitro benzene ring substituents is 1. The Labute approximate surface area is 121 Å². The van der Waals surface area contributed by atoms with Gasteiger partial charge in [-0.15, -0.1) is 0 Å². The average molecular weight is 308 g/mol. The van der Waals surface area contributed by atoms with E-state index in [0.29, 0.717) is 5.69 Å². The standard InChI is InChI=1S/C12H12N4O4S/c1-13-10-2-3-11(16(17)18)12(8-10)21(19,20)15-9-4-6-14-7-5-9/h2-8,13H,1H3,(H,14,15). The van der Waals surface area contributed by atoms with Gasteiger partial charge in [-0.2, -0.15) is 0 Å². The lowest BCUT2D eigenvalue weighted by molar-refractivity contribution is -0.387. The Hall–Kier alpha value is -2.68. The number of aromatic nitrogens is 1. The molecule has 0 spiro atoms. The highest BCUT2D eigenvalue weighted by molar-refractivity contribution is 7.92. The summed E-state index contributed by atoms with van der Waals surface area (Å²) in [5, 5.41) is 13.7. The number of nitrogens with zero attached hydrogens (tertiary/aromatic N) is 2. The largest absolute Gasteiger partial charge is 0.388 e. The Bertz CT molecular complexity index is 762. The number of hydrogen-bond acceptors (Lipinski definition) is 6. The molecule has 2 N–H and O–H groups in total. The quantitative estimate of drug-likeness (QED) is 0.643. The minimum atomic E-state index is -4.08. The molecule has 1 aromatic carbocycles. The zero-order valence-corrected chi connectivity index (χ0v) is 11.8. The maximum atomic E-state index is 12.3. The first kappa shape index (κ1) is 14.7. The zero-order chi connectivity index (χ0) is 15.5. The smallest absolute Gasteiger partial charge is 0.290 e. The van der Waals surface area contributed by atoms with Crippen molar-refractivity contribution in [3.05, 3.63) is 52.8 Å². The van der Waals surface area contributed by atoms with Crippen molar-refractivity contribution in [3.8, 4) is 0 Å². The summed E-state index contributed by atoms with van der Waals surface area (Å²) in [5.74, 6) is 0. The molecule has 1 heterocycles. The summed E-state index contributed by atoms with van der Waals surface area (Å²) in [6, 6.07) is 6.69. The molecule has 0 saturated heterocycles. The molecule has 110 valence electrons. The first-order chi connectivity index (χ1) is 9.94. The molecule has 0 atom stereocenters. The summed E-state index contributed by atoms with van der Waals surface area (Å²) in [6.45, 7) is 0.